The Kier molecular flexibility index (Phi) is 9.94. The van der Waals surface area contributed by atoms with Gasteiger partial charge < -0.3 is 44.1 Å². The molecule has 1 aliphatic heterocycles. The quantitative estimate of drug-likeness (QED) is 0.168. The molecule has 2 aromatic rings. The van der Waals surface area contributed by atoms with Crippen LogP contribution < -0.4 is 9.47 Å². The highest BCUT2D eigenvalue weighted by atomic mass is 35.5. The molecule has 46 heavy (non-hydrogen) atoms. The summed E-state index contributed by atoms with van der Waals surface area (Å²) in [6.07, 6.45) is 2.19. The number of halogens is 1. The van der Waals surface area contributed by atoms with E-state index in [1.165, 1.54) is 50.9 Å². The Balaban J connectivity index is 1.23. The van der Waals surface area contributed by atoms with Crippen molar-refractivity contribution in [3.8, 4) is 11.5 Å². The van der Waals surface area contributed by atoms with E-state index in [-0.39, 0.29) is 6.61 Å². The molecule has 0 aromatic heterocycles. The normalized spacial score (nSPS) is 31.6. The third-order valence-electron chi connectivity index (χ3n) is 9.86. The van der Waals surface area contributed by atoms with Gasteiger partial charge in [-0.3, -0.25) is 0 Å². The van der Waals surface area contributed by atoms with E-state index in [9.17, 15) is 25.2 Å². The topological polar surface area (TPSA) is 144 Å². The summed E-state index contributed by atoms with van der Waals surface area (Å²) >= 11 is 7.11. The monoisotopic (exact) mass is 656 g/mol. The van der Waals surface area contributed by atoms with Crippen LogP contribution in [0.5, 0.6) is 11.5 Å². The fraction of sp³-hybridized carbons (Fsp3) is 0.514. The molecule has 4 bridgehead atoms. The van der Waals surface area contributed by atoms with Gasteiger partial charge in [0.1, 0.15) is 48.3 Å². The molecule has 0 radical (unpaired) electrons. The Hall–Kier alpha value is -3.12. The van der Waals surface area contributed by atoms with Gasteiger partial charge in [0.05, 0.1) is 25.8 Å². The molecule has 1 heterocycles. The molecule has 4 unspecified atom stereocenters. The van der Waals surface area contributed by atoms with E-state index in [4.69, 9.17) is 35.3 Å². The van der Waals surface area contributed by atoms with Crippen molar-refractivity contribution in [2.45, 2.75) is 69.4 Å². The Morgan fingerprint density at radius 2 is 1.59 bits per heavy atom. The van der Waals surface area contributed by atoms with Crippen molar-refractivity contribution in [2.24, 2.45) is 23.7 Å². The Labute approximate surface area is 273 Å². The predicted octanol–water partition coefficient (Wildman–Crippen LogP) is 4.10. The molecular formula is C35H41ClO10. The number of carbonyl (C=O) groups is 1. The molecule has 4 aliphatic carbocycles. The van der Waals surface area contributed by atoms with Crippen molar-refractivity contribution in [1.82, 2.24) is 0 Å². The van der Waals surface area contributed by atoms with Crippen molar-refractivity contribution in [1.29, 1.82) is 0 Å². The Morgan fingerprint density at radius 3 is 2.20 bits per heavy atom. The van der Waals surface area contributed by atoms with Gasteiger partial charge in [0.2, 0.25) is 6.29 Å². The van der Waals surface area contributed by atoms with E-state index in [1.54, 1.807) is 37.5 Å². The molecule has 2 aromatic carbocycles. The highest BCUT2D eigenvalue weighted by Gasteiger charge is 2.47. The minimum absolute atomic E-state index is 0.135. The van der Waals surface area contributed by atoms with Crippen LogP contribution in [0.15, 0.2) is 48.0 Å². The van der Waals surface area contributed by atoms with E-state index >= 15 is 0 Å². The van der Waals surface area contributed by atoms with Gasteiger partial charge in [0, 0.05) is 17.2 Å². The van der Waals surface area contributed by atoms with Crippen molar-refractivity contribution in [3.05, 3.63) is 69.8 Å². The zero-order chi connectivity index (χ0) is 32.5. The molecule has 0 spiro atoms. The third kappa shape index (κ3) is 6.52. The van der Waals surface area contributed by atoms with Gasteiger partial charge in [0.25, 0.3) is 0 Å². The molecule has 0 amide bonds. The average molecular weight is 657 g/mol. The number of carbonyl (C=O) groups excluding carboxylic acids is 1. The van der Waals surface area contributed by atoms with Gasteiger partial charge in [-0.25, -0.2) is 4.79 Å². The summed E-state index contributed by atoms with van der Waals surface area (Å²) in [6.45, 7) is -0.414. The van der Waals surface area contributed by atoms with Crippen LogP contribution in [0.4, 0.5) is 0 Å². The summed E-state index contributed by atoms with van der Waals surface area (Å²) < 4.78 is 28.3. The number of aliphatic hydroxyl groups is 4. The molecule has 4 saturated carbocycles. The van der Waals surface area contributed by atoms with E-state index < -0.39 is 43.3 Å². The van der Waals surface area contributed by atoms with Crippen LogP contribution >= 0.6 is 11.6 Å². The molecule has 5 fully saturated rings. The Bertz CT molecular complexity index is 1440. The molecule has 10 nitrogen and oxygen atoms in total. The minimum atomic E-state index is -1.54. The molecule has 5 atom stereocenters. The molecule has 5 aliphatic rings. The van der Waals surface area contributed by atoms with Crippen LogP contribution in [-0.4, -0.2) is 77.9 Å². The number of methoxy groups -OCH3 is 2. The fourth-order valence-electron chi connectivity index (χ4n) is 7.81. The number of hydrogen-bond acceptors (Lipinski definition) is 10. The van der Waals surface area contributed by atoms with Crippen molar-refractivity contribution < 1.29 is 48.9 Å². The van der Waals surface area contributed by atoms with E-state index in [1.807, 2.05) is 12.1 Å². The lowest BCUT2D eigenvalue weighted by Gasteiger charge is -2.51. The highest BCUT2D eigenvalue weighted by molar-refractivity contribution is 6.34. The highest BCUT2D eigenvalue weighted by Crippen LogP contribution is 2.58. The second-order valence-corrected chi connectivity index (χ2v) is 13.1. The first-order chi connectivity index (χ1) is 22.2. The summed E-state index contributed by atoms with van der Waals surface area (Å²) in [5.41, 5.74) is 3.51. The molecule has 7 rings (SSSR count). The Morgan fingerprint density at radius 1 is 0.913 bits per heavy atom. The lowest BCUT2D eigenvalue weighted by atomic mass is 9.54. The van der Waals surface area contributed by atoms with Crippen LogP contribution in [0, 0.1) is 23.7 Å². The van der Waals surface area contributed by atoms with Crippen LogP contribution in [0.1, 0.15) is 48.8 Å². The summed E-state index contributed by atoms with van der Waals surface area (Å²) in [5, 5.41) is 40.2. The predicted molar refractivity (Wildman–Crippen MR) is 169 cm³/mol. The van der Waals surface area contributed by atoms with Crippen LogP contribution in [0.3, 0.4) is 0 Å². The molecular weight excluding hydrogens is 616 g/mol. The third-order valence-corrected chi connectivity index (χ3v) is 10.2. The maximum Gasteiger partial charge on any atom is 0.330 e. The lowest BCUT2D eigenvalue weighted by Crippen LogP contribution is -2.60. The summed E-state index contributed by atoms with van der Waals surface area (Å²) in [6, 6.07) is 10.6. The van der Waals surface area contributed by atoms with Gasteiger partial charge in [-0.2, -0.15) is 0 Å². The smallest absolute Gasteiger partial charge is 0.330 e. The summed E-state index contributed by atoms with van der Waals surface area (Å²) in [7, 11) is 3.01. The molecule has 4 N–H and O–H groups in total. The van der Waals surface area contributed by atoms with E-state index in [0.29, 0.717) is 33.9 Å². The minimum Gasteiger partial charge on any atom is -0.496 e. The van der Waals surface area contributed by atoms with Gasteiger partial charge in [-0.05, 0) is 91.2 Å². The van der Waals surface area contributed by atoms with Gasteiger partial charge in [-0.15, -0.1) is 0 Å². The first kappa shape index (κ1) is 32.8. The van der Waals surface area contributed by atoms with Gasteiger partial charge >= 0.3 is 5.97 Å². The second kappa shape index (κ2) is 13.9. The van der Waals surface area contributed by atoms with Crippen molar-refractivity contribution in [2.75, 3.05) is 20.8 Å². The SMILES string of the molecule is COC(=O)/C=C/c1ccc(C(OC)=C2C3CC4CC(C3)CC2C4)c(Cl)c1OCc1ccc(OC2OC(CO)C(O)C(O)[C@@H]2O)cc1. The summed E-state index contributed by atoms with van der Waals surface area (Å²) in [5.74, 6) is 3.68. The van der Waals surface area contributed by atoms with Crippen LogP contribution in [-0.2, 0) is 25.6 Å². The number of aliphatic hydroxyl groups excluding tert-OH is 4. The largest absolute Gasteiger partial charge is 0.496 e. The second-order valence-electron chi connectivity index (χ2n) is 12.7. The van der Waals surface area contributed by atoms with Crippen molar-refractivity contribution >= 4 is 29.4 Å². The summed E-state index contributed by atoms with van der Waals surface area (Å²) in [4.78, 5) is 11.9. The van der Waals surface area contributed by atoms with Crippen molar-refractivity contribution in [3.63, 3.8) is 0 Å². The number of ether oxygens (including phenoxy) is 5. The zero-order valence-corrected chi connectivity index (χ0v) is 26.6. The number of rotatable bonds is 10. The van der Waals surface area contributed by atoms with Crippen LogP contribution in [0.25, 0.3) is 11.8 Å². The molecule has 1 saturated heterocycles. The first-order valence-electron chi connectivity index (χ1n) is 15.8. The first-order valence-corrected chi connectivity index (χ1v) is 16.1. The standard InChI is InChI=1S/C35H41ClO10/c1-42-27(38)10-6-21-5-9-25(34(43-2)28-22-12-19-11-20(14-22)15-23(28)13-19)29(36)33(21)44-17-18-3-7-24(8-4-18)45-35-32(41)31(40)30(39)26(16-37)46-35/h3-10,19-20,22-23,26,30-32,35,37,39-41H,11-17H2,1-2H3/b10-6+,34-28?/t19?,20?,22?,23?,26?,30?,31?,32-,35?/m0/s1. The van der Waals surface area contributed by atoms with Gasteiger partial charge in [-0.1, -0.05) is 29.8 Å². The maximum atomic E-state index is 11.9. The molecule has 11 heteroatoms. The average Bonchev–Trinajstić information content (AvgIpc) is 3.05. The number of esters is 1. The van der Waals surface area contributed by atoms with E-state index in [0.717, 1.165) is 28.7 Å². The molecule has 248 valence electrons. The van der Waals surface area contributed by atoms with Gasteiger partial charge in [0.15, 0.2) is 0 Å². The zero-order valence-electron chi connectivity index (χ0n) is 25.9. The number of benzene rings is 2. The fourth-order valence-corrected chi connectivity index (χ4v) is 8.13. The number of allylic oxidation sites excluding steroid dienone is 1. The van der Waals surface area contributed by atoms with E-state index in [2.05, 4.69) is 0 Å². The number of hydrogen-bond donors (Lipinski definition) is 4. The lowest BCUT2D eigenvalue weighted by molar-refractivity contribution is -0.277. The maximum absolute atomic E-state index is 11.9. The van der Waals surface area contributed by atoms with Crippen LogP contribution in [0.2, 0.25) is 5.02 Å².